The summed E-state index contributed by atoms with van der Waals surface area (Å²) in [5, 5.41) is 0. The minimum absolute atomic E-state index is 0.784. The Balaban J connectivity index is 1.88. The largest absolute Gasteiger partial charge is 0.493 e. The summed E-state index contributed by atoms with van der Waals surface area (Å²) in [7, 11) is 0. The third-order valence-corrected chi connectivity index (χ3v) is 2.64. The quantitative estimate of drug-likeness (QED) is 0.592. The molecule has 1 fully saturated rings. The van der Waals surface area contributed by atoms with Crippen LogP contribution in [0.4, 0.5) is 0 Å². The maximum Gasteiger partial charge on any atom is 0.272 e. The molecule has 0 radical (unpaired) electrons. The highest BCUT2D eigenvalue weighted by Crippen LogP contribution is 2.34. The fourth-order valence-electron chi connectivity index (χ4n) is 1.69. The van der Waals surface area contributed by atoms with Crippen LogP contribution in [0.2, 0.25) is 0 Å². The molecule has 1 saturated heterocycles. The Kier molecular flexibility index (Phi) is 2.53. The van der Waals surface area contributed by atoms with Crippen molar-refractivity contribution in [2.75, 3.05) is 0 Å². The summed E-state index contributed by atoms with van der Waals surface area (Å²) in [5.41, 5.74) is 13.2. The zero-order valence-corrected chi connectivity index (χ0v) is 9.56. The molecule has 3 heterocycles. The number of hydrogen-bond donors (Lipinski definition) is 0. The van der Waals surface area contributed by atoms with Gasteiger partial charge in [0.05, 0.1) is 0 Å². The van der Waals surface area contributed by atoms with E-state index in [0.717, 1.165) is 27.2 Å². The Morgan fingerprint density at radius 2 is 1.39 bits per heavy atom. The van der Waals surface area contributed by atoms with Crippen LogP contribution in [-0.2, 0) is 0 Å². The van der Waals surface area contributed by atoms with Crippen LogP contribution in [0.5, 0.6) is 0 Å². The first-order valence-electron chi connectivity index (χ1n) is 5.57. The van der Waals surface area contributed by atoms with Gasteiger partial charge in [0, 0.05) is 36.9 Å². The average Bonchev–Trinajstić information content (AvgIpc) is 3.01. The Morgan fingerprint density at radius 1 is 0.889 bits per heavy atom. The molecule has 4 nitrogen and oxygen atoms in total. The smallest absolute Gasteiger partial charge is 0.272 e. The van der Waals surface area contributed by atoms with Gasteiger partial charge in [0.25, 0.3) is 11.4 Å². The van der Waals surface area contributed by atoms with Crippen molar-refractivity contribution >= 4 is 12.2 Å². The zero-order chi connectivity index (χ0) is 12.4. The van der Waals surface area contributed by atoms with E-state index in [1.165, 1.54) is 0 Å². The predicted octanol–water partition coefficient (Wildman–Crippen LogP) is 2.91. The van der Waals surface area contributed by atoms with E-state index in [2.05, 4.69) is 9.97 Å². The molecule has 1 aliphatic heterocycles. The average molecular weight is 234 g/mol. The van der Waals surface area contributed by atoms with Crippen LogP contribution >= 0.6 is 0 Å². The fourth-order valence-corrected chi connectivity index (χ4v) is 1.69. The maximum absolute atomic E-state index is 9.66. The predicted molar refractivity (Wildman–Crippen MR) is 68.0 cm³/mol. The summed E-state index contributed by atoms with van der Waals surface area (Å²) in [5.74, 6) is 0. The molecular weight excluding hydrogens is 224 g/mol. The number of pyridine rings is 2. The lowest BCUT2D eigenvalue weighted by Gasteiger charge is -1.85. The highest BCUT2D eigenvalue weighted by atomic mass is 15.3. The first kappa shape index (κ1) is 10.5. The lowest BCUT2D eigenvalue weighted by atomic mass is 10.2. The zero-order valence-electron chi connectivity index (χ0n) is 9.56. The van der Waals surface area contributed by atoms with Gasteiger partial charge >= 0.3 is 0 Å². The lowest BCUT2D eigenvalue weighted by Crippen LogP contribution is -1.73. The minimum Gasteiger partial charge on any atom is -0.493 e. The van der Waals surface area contributed by atoms with Crippen LogP contribution in [0.15, 0.2) is 60.4 Å². The monoisotopic (exact) mass is 234 g/mol. The Labute approximate surface area is 104 Å². The van der Waals surface area contributed by atoms with Crippen molar-refractivity contribution in [3.8, 4) is 0 Å². The van der Waals surface area contributed by atoms with Gasteiger partial charge < -0.3 is 5.53 Å². The third kappa shape index (κ3) is 2.08. The van der Waals surface area contributed by atoms with Crippen molar-refractivity contribution in [3.63, 3.8) is 0 Å². The van der Waals surface area contributed by atoms with Gasteiger partial charge in [0.1, 0.15) is 0 Å². The van der Waals surface area contributed by atoms with Gasteiger partial charge in [-0.15, -0.1) is 0 Å². The molecule has 4 heteroatoms. The molecule has 2 aromatic rings. The Morgan fingerprint density at radius 3 is 1.78 bits per heavy atom. The number of aromatic nitrogens is 2. The van der Waals surface area contributed by atoms with Crippen LogP contribution in [0, 0.1) is 0 Å². The summed E-state index contributed by atoms with van der Waals surface area (Å²) in [6.07, 6.45) is 10.7. The first-order valence-corrected chi connectivity index (χ1v) is 5.57. The molecule has 0 bridgehead atoms. The van der Waals surface area contributed by atoms with E-state index < -0.39 is 0 Å². The van der Waals surface area contributed by atoms with Crippen LogP contribution in [0.25, 0.3) is 17.7 Å². The Bertz CT molecular complexity index is 585. The van der Waals surface area contributed by atoms with Gasteiger partial charge in [-0.25, -0.2) is 4.70 Å². The molecule has 3 rings (SSSR count). The first-order chi connectivity index (χ1) is 8.84. The SMILES string of the molecule is [N-]=[N+]1C(=Cc2cccnc2)C1=Cc1cccnc1. The highest BCUT2D eigenvalue weighted by molar-refractivity contribution is 5.66. The second kappa shape index (κ2) is 4.33. The van der Waals surface area contributed by atoms with E-state index in [0.29, 0.717) is 0 Å². The number of nitrogens with zero attached hydrogens (tertiary/aromatic N) is 4. The Hall–Kier alpha value is -2.62. The second-order valence-electron chi connectivity index (χ2n) is 3.94. The molecular formula is C14H10N4. The van der Waals surface area contributed by atoms with Crippen LogP contribution in [0.1, 0.15) is 11.1 Å². The van der Waals surface area contributed by atoms with Gasteiger partial charge in [-0.1, -0.05) is 12.1 Å². The molecule has 0 N–H and O–H groups in total. The maximum atomic E-state index is 9.66. The number of hydrogen-bond acceptors (Lipinski definition) is 2. The van der Waals surface area contributed by atoms with Crippen LogP contribution in [-0.4, -0.2) is 14.7 Å². The fraction of sp³-hybridized carbons (Fsp3) is 0. The van der Waals surface area contributed by atoms with Crippen LogP contribution in [0.3, 0.4) is 0 Å². The normalized spacial score (nSPS) is 18.3. The van der Waals surface area contributed by atoms with E-state index in [1.54, 1.807) is 24.8 Å². The topological polar surface area (TPSA) is 51.1 Å². The van der Waals surface area contributed by atoms with E-state index in [-0.39, 0.29) is 0 Å². The van der Waals surface area contributed by atoms with Gasteiger partial charge in [0.2, 0.25) is 0 Å². The van der Waals surface area contributed by atoms with Crippen molar-refractivity contribution in [2.45, 2.75) is 0 Å². The van der Waals surface area contributed by atoms with E-state index in [4.69, 9.17) is 0 Å². The second-order valence-corrected chi connectivity index (χ2v) is 3.94. The van der Waals surface area contributed by atoms with E-state index in [1.807, 2.05) is 36.4 Å². The molecule has 0 aromatic carbocycles. The molecule has 0 spiro atoms. The lowest BCUT2D eigenvalue weighted by molar-refractivity contribution is -0.302. The molecule has 0 unspecified atom stereocenters. The summed E-state index contributed by atoms with van der Waals surface area (Å²) >= 11 is 0. The van der Waals surface area contributed by atoms with Crippen molar-refractivity contribution < 1.29 is 4.70 Å². The third-order valence-electron chi connectivity index (χ3n) is 2.64. The van der Waals surface area contributed by atoms with Gasteiger partial charge in [-0.2, -0.15) is 0 Å². The van der Waals surface area contributed by atoms with E-state index in [9.17, 15) is 5.53 Å². The van der Waals surface area contributed by atoms with Crippen molar-refractivity contribution in [1.82, 2.24) is 9.97 Å². The van der Waals surface area contributed by atoms with Crippen LogP contribution < -0.4 is 0 Å². The van der Waals surface area contributed by atoms with Gasteiger partial charge in [0.15, 0.2) is 0 Å². The van der Waals surface area contributed by atoms with Gasteiger partial charge in [-0.05, 0) is 23.3 Å². The molecule has 2 aromatic heterocycles. The van der Waals surface area contributed by atoms with Gasteiger partial charge in [-0.3, -0.25) is 9.97 Å². The van der Waals surface area contributed by atoms with E-state index >= 15 is 0 Å². The molecule has 86 valence electrons. The minimum atomic E-state index is 0.784. The van der Waals surface area contributed by atoms with Crippen molar-refractivity contribution in [3.05, 3.63) is 77.1 Å². The molecule has 0 amide bonds. The standard InChI is InChI=1S/C14H10N4/c15-18-13(7-11-3-1-5-16-9-11)14(18)8-12-4-2-6-17-10-12/h1-10H. The van der Waals surface area contributed by atoms with Crippen molar-refractivity contribution in [2.24, 2.45) is 0 Å². The highest BCUT2D eigenvalue weighted by Gasteiger charge is 2.38. The molecule has 0 aliphatic carbocycles. The number of rotatable bonds is 2. The summed E-state index contributed by atoms with van der Waals surface area (Å²) in [4.78, 5) is 8.05. The van der Waals surface area contributed by atoms with Crippen molar-refractivity contribution in [1.29, 1.82) is 0 Å². The summed E-state index contributed by atoms with van der Waals surface area (Å²) < 4.78 is 1.15. The molecule has 0 atom stereocenters. The summed E-state index contributed by atoms with van der Waals surface area (Å²) in [6.45, 7) is 0. The molecule has 18 heavy (non-hydrogen) atoms. The molecule has 1 aliphatic rings. The molecule has 0 saturated carbocycles. The summed E-state index contributed by atoms with van der Waals surface area (Å²) in [6, 6.07) is 7.60.